The van der Waals surface area contributed by atoms with E-state index >= 15 is 0 Å². The molecule has 0 aromatic heterocycles. The first-order valence-electron chi connectivity index (χ1n) is 5.11. The number of hydrogen-bond acceptors (Lipinski definition) is 1. The molecule has 1 aromatic carbocycles. The van der Waals surface area contributed by atoms with Gasteiger partial charge in [-0.1, -0.05) is 6.92 Å². The average molecular weight is 214 g/mol. The van der Waals surface area contributed by atoms with Gasteiger partial charge in [-0.15, -0.1) is 0 Å². The number of ether oxygens (including phenoxy) is 1. The third kappa shape index (κ3) is 2.46. The van der Waals surface area contributed by atoms with Crippen molar-refractivity contribution in [1.82, 2.24) is 0 Å². The third-order valence-electron chi connectivity index (χ3n) is 2.16. The SMILES string of the molecule is CCc1cc(C)c(F)c(F)c1OC(C)C. The van der Waals surface area contributed by atoms with Gasteiger partial charge >= 0.3 is 0 Å². The summed E-state index contributed by atoms with van der Waals surface area (Å²) in [4.78, 5) is 0. The van der Waals surface area contributed by atoms with Gasteiger partial charge in [-0.3, -0.25) is 0 Å². The first-order chi connectivity index (χ1) is 6.97. The minimum Gasteiger partial charge on any atom is -0.488 e. The molecule has 84 valence electrons. The van der Waals surface area contributed by atoms with E-state index in [1.54, 1.807) is 26.8 Å². The van der Waals surface area contributed by atoms with Crippen LogP contribution in [0.1, 0.15) is 31.9 Å². The smallest absolute Gasteiger partial charge is 0.201 e. The summed E-state index contributed by atoms with van der Waals surface area (Å²) in [5, 5.41) is 0. The van der Waals surface area contributed by atoms with Crippen LogP contribution in [0.4, 0.5) is 8.78 Å². The zero-order valence-electron chi connectivity index (χ0n) is 9.53. The van der Waals surface area contributed by atoms with Crippen LogP contribution in [-0.4, -0.2) is 6.10 Å². The Morgan fingerprint density at radius 2 is 1.87 bits per heavy atom. The van der Waals surface area contributed by atoms with E-state index in [1.807, 2.05) is 6.92 Å². The average Bonchev–Trinajstić information content (AvgIpc) is 2.18. The number of aryl methyl sites for hydroxylation is 2. The van der Waals surface area contributed by atoms with Crippen molar-refractivity contribution in [1.29, 1.82) is 0 Å². The van der Waals surface area contributed by atoms with Crippen LogP contribution in [0.2, 0.25) is 0 Å². The number of benzene rings is 1. The van der Waals surface area contributed by atoms with Crippen molar-refractivity contribution < 1.29 is 13.5 Å². The summed E-state index contributed by atoms with van der Waals surface area (Å²) in [6.07, 6.45) is 0.465. The van der Waals surface area contributed by atoms with Gasteiger partial charge in [0, 0.05) is 0 Å². The molecule has 1 nitrogen and oxygen atoms in total. The van der Waals surface area contributed by atoms with E-state index in [0.29, 0.717) is 17.5 Å². The molecule has 0 aliphatic carbocycles. The number of rotatable bonds is 3. The van der Waals surface area contributed by atoms with Crippen molar-refractivity contribution in [2.24, 2.45) is 0 Å². The molecule has 0 saturated carbocycles. The van der Waals surface area contributed by atoms with Crippen molar-refractivity contribution in [3.63, 3.8) is 0 Å². The fraction of sp³-hybridized carbons (Fsp3) is 0.500. The maximum Gasteiger partial charge on any atom is 0.201 e. The topological polar surface area (TPSA) is 9.23 Å². The van der Waals surface area contributed by atoms with Crippen LogP contribution < -0.4 is 4.74 Å². The minimum atomic E-state index is -0.874. The van der Waals surface area contributed by atoms with Crippen LogP contribution in [0, 0.1) is 18.6 Å². The molecule has 0 saturated heterocycles. The van der Waals surface area contributed by atoms with Crippen LogP contribution >= 0.6 is 0 Å². The highest BCUT2D eigenvalue weighted by Gasteiger charge is 2.17. The van der Waals surface area contributed by atoms with Gasteiger partial charge in [-0.05, 0) is 44.4 Å². The highest BCUT2D eigenvalue weighted by Crippen LogP contribution is 2.28. The highest BCUT2D eigenvalue weighted by molar-refractivity contribution is 5.39. The molecule has 15 heavy (non-hydrogen) atoms. The Morgan fingerprint density at radius 3 is 2.33 bits per heavy atom. The second-order valence-electron chi connectivity index (χ2n) is 3.83. The molecule has 0 N–H and O–H groups in total. The highest BCUT2D eigenvalue weighted by atomic mass is 19.2. The molecule has 0 spiro atoms. The van der Waals surface area contributed by atoms with E-state index in [-0.39, 0.29) is 11.9 Å². The molecule has 0 aliphatic heterocycles. The molecule has 0 radical (unpaired) electrons. The van der Waals surface area contributed by atoms with Crippen LogP contribution in [0.5, 0.6) is 5.75 Å². The number of halogens is 2. The van der Waals surface area contributed by atoms with Gasteiger partial charge in [0.1, 0.15) is 0 Å². The van der Waals surface area contributed by atoms with Crippen molar-refractivity contribution in [3.05, 3.63) is 28.8 Å². The Balaban J connectivity index is 3.27. The van der Waals surface area contributed by atoms with E-state index < -0.39 is 11.6 Å². The quantitative estimate of drug-likeness (QED) is 0.746. The lowest BCUT2D eigenvalue weighted by Gasteiger charge is -2.15. The zero-order chi connectivity index (χ0) is 11.6. The molecule has 0 heterocycles. The Morgan fingerprint density at radius 1 is 1.27 bits per heavy atom. The van der Waals surface area contributed by atoms with Crippen molar-refractivity contribution in [3.8, 4) is 5.75 Å². The summed E-state index contributed by atoms with van der Waals surface area (Å²) < 4.78 is 32.2. The van der Waals surface area contributed by atoms with E-state index in [1.165, 1.54) is 0 Å². The lowest BCUT2D eigenvalue weighted by atomic mass is 10.1. The van der Waals surface area contributed by atoms with Gasteiger partial charge in [0.05, 0.1) is 6.10 Å². The molecule has 1 rings (SSSR count). The van der Waals surface area contributed by atoms with Crippen molar-refractivity contribution in [2.45, 2.75) is 40.2 Å². The molecule has 3 heteroatoms. The van der Waals surface area contributed by atoms with Gasteiger partial charge in [0.2, 0.25) is 5.82 Å². The summed E-state index contributed by atoms with van der Waals surface area (Å²) in [6.45, 7) is 7.02. The fourth-order valence-corrected chi connectivity index (χ4v) is 1.43. The van der Waals surface area contributed by atoms with Gasteiger partial charge in [-0.2, -0.15) is 4.39 Å². The zero-order valence-corrected chi connectivity index (χ0v) is 9.53. The normalized spacial score (nSPS) is 10.9. The van der Waals surface area contributed by atoms with E-state index in [0.717, 1.165) is 0 Å². The Labute approximate surface area is 89.1 Å². The summed E-state index contributed by atoms with van der Waals surface area (Å²) in [7, 11) is 0. The summed E-state index contributed by atoms with van der Waals surface area (Å²) in [6, 6.07) is 1.64. The molecule has 0 atom stereocenters. The summed E-state index contributed by atoms with van der Waals surface area (Å²) >= 11 is 0. The molecule has 0 amide bonds. The van der Waals surface area contributed by atoms with Crippen LogP contribution in [0.15, 0.2) is 6.07 Å². The maximum atomic E-state index is 13.6. The van der Waals surface area contributed by atoms with Crippen LogP contribution in [0.3, 0.4) is 0 Å². The minimum absolute atomic E-state index is 0.0515. The molecule has 0 unspecified atom stereocenters. The van der Waals surface area contributed by atoms with E-state index in [9.17, 15) is 8.78 Å². The monoisotopic (exact) mass is 214 g/mol. The molecular weight excluding hydrogens is 198 g/mol. The molecule has 1 aromatic rings. The first-order valence-corrected chi connectivity index (χ1v) is 5.11. The molecule has 0 aliphatic rings. The Bertz CT molecular complexity index is 359. The van der Waals surface area contributed by atoms with Gasteiger partial charge in [0.25, 0.3) is 0 Å². The third-order valence-corrected chi connectivity index (χ3v) is 2.16. The van der Waals surface area contributed by atoms with Gasteiger partial charge in [-0.25, -0.2) is 4.39 Å². The lowest BCUT2D eigenvalue weighted by Crippen LogP contribution is -2.10. The second-order valence-corrected chi connectivity index (χ2v) is 3.83. The van der Waals surface area contributed by atoms with E-state index in [2.05, 4.69) is 0 Å². The van der Waals surface area contributed by atoms with Gasteiger partial charge in [0.15, 0.2) is 11.6 Å². The maximum absolute atomic E-state index is 13.6. The Hall–Kier alpha value is -1.12. The fourth-order valence-electron chi connectivity index (χ4n) is 1.43. The predicted molar refractivity (Wildman–Crippen MR) is 56.2 cm³/mol. The van der Waals surface area contributed by atoms with Crippen molar-refractivity contribution >= 4 is 0 Å². The first kappa shape index (κ1) is 12.0. The number of hydrogen-bond donors (Lipinski definition) is 0. The Kier molecular flexibility index (Phi) is 3.66. The van der Waals surface area contributed by atoms with Gasteiger partial charge < -0.3 is 4.74 Å². The van der Waals surface area contributed by atoms with E-state index in [4.69, 9.17) is 4.74 Å². The van der Waals surface area contributed by atoms with Crippen molar-refractivity contribution in [2.75, 3.05) is 0 Å². The van der Waals surface area contributed by atoms with Crippen LogP contribution in [0.25, 0.3) is 0 Å². The lowest BCUT2D eigenvalue weighted by molar-refractivity contribution is 0.225. The standard InChI is InChI=1S/C12H16F2O/c1-5-9-6-8(4)10(13)11(14)12(9)15-7(2)3/h6-7H,5H2,1-4H3. The molecule has 0 fully saturated rings. The second kappa shape index (κ2) is 4.60. The predicted octanol–water partition coefficient (Wildman–Crippen LogP) is 3.62. The molecular formula is C12H16F2O. The summed E-state index contributed by atoms with van der Waals surface area (Å²) in [5.41, 5.74) is 1.03. The summed E-state index contributed by atoms with van der Waals surface area (Å²) in [5.74, 6) is -1.64. The molecule has 0 bridgehead atoms. The van der Waals surface area contributed by atoms with Crippen LogP contribution in [-0.2, 0) is 6.42 Å². The largest absolute Gasteiger partial charge is 0.488 e.